The number of allylic oxidation sites excluding steroid dienone is 1. The summed E-state index contributed by atoms with van der Waals surface area (Å²) in [5.74, 6) is 0. The van der Waals surface area contributed by atoms with E-state index in [1.165, 1.54) is 25.3 Å². The van der Waals surface area contributed by atoms with Gasteiger partial charge in [0.25, 0.3) is 0 Å². The Morgan fingerprint density at radius 2 is 2.17 bits per heavy atom. The summed E-state index contributed by atoms with van der Waals surface area (Å²) in [7, 11) is 0. The van der Waals surface area contributed by atoms with Crippen molar-refractivity contribution >= 4 is 0 Å². The number of nitriles is 1. The number of aliphatic hydroxyl groups is 1. The maximum atomic E-state index is 9.24. The molecule has 1 atom stereocenters. The fourth-order valence-electron chi connectivity index (χ4n) is 1.03. The van der Waals surface area contributed by atoms with Gasteiger partial charge < -0.3 is 5.11 Å². The summed E-state index contributed by atoms with van der Waals surface area (Å²) in [5, 5.41) is 17.4. The van der Waals surface area contributed by atoms with Crippen LogP contribution in [0.4, 0.5) is 0 Å². The average Bonchev–Trinajstić information content (AvgIpc) is 2.09. The van der Waals surface area contributed by atoms with E-state index in [0.717, 1.165) is 12.8 Å². The van der Waals surface area contributed by atoms with Crippen molar-refractivity contribution in [3.8, 4) is 6.07 Å². The largest absolute Gasteiger partial charge is 0.389 e. The molecule has 0 radical (unpaired) electrons. The quantitative estimate of drug-likeness (QED) is 0.487. The smallest absolute Gasteiger partial charge is 0.0909 e. The van der Waals surface area contributed by atoms with Crippen LogP contribution in [0.15, 0.2) is 12.2 Å². The van der Waals surface area contributed by atoms with E-state index in [1.807, 2.05) is 6.07 Å². The van der Waals surface area contributed by atoms with Gasteiger partial charge >= 0.3 is 0 Å². The number of unbranched alkanes of at least 4 members (excludes halogenated alkanes) is 3. The standard InChI is InChI=1S/C10H17NO/c1-2-3-4-5-7-10(12)8-6-9-11/h6,8,10,12H,2-5,7H2,1H3. The van der Waals surface area contributed by atoms with Gasteiger partial charge in [0.2, 0.25) is 0 Å². The summed E-state index contributed by atoms with van der Waals surface area (Å²) in [6, 6.07) is 1.86. The molecule has 0 amide bonds. The van der Waals surface area contributed by atoms with Gasteiger partial charge in [0, 0.05) is 6.08 Å². The fourth-order valence-corrected chi connectivity index (χ4v) is 1.03. The molecule has 0 heterocycles. The first-order chi connectivity index (χ1) is 5.81. The molecule has 0 aliphatic rings. The SMILES string of the molecule is CCCCCCC(O)C=CC#N. The van der Waals surface area contributed by atoms with Crippen molar-refractivity contribution < 1.29 is 5.11 Å². The molecule has 0 bridgehead atoms. The van der Waals surface area contributed by atoms with Gasteiger partial charge in [0.1, 0.15) is 0 Å². The highest BCUT2D eigenvalue weighted by atomic mass is 16.3. The highest BCUT2D eigenvalue weighted by Gasteiger charge is 1.97. The van der Waals surface area contributed by atoms with Crippen molar-refractivity contribution in [1.82, 2.24) is 0 Å². The topological polar surface area (TPSA) is 44.0 Å². The second kappa shape index (κ2) is 8.29. The van der Waals surface area contributed by atoms with Crippen molar-refractivity contribution in [1.29, 1.82) is 5.26 Å². The molecule has 2 heteroatoms. The Hall–Kier alpha value is -0.810. The van der Waals surface area contributed by atoms with Crippen LogP contribution in [0.3, 0.4) is 0 Å². The predicted octanol–water partition coefficient (Wildman–Crippen LogP) is 2.40. The molecule has 0 aromatic carbocycles. The molecule has 0 spiro atoms. The number of rotatable bonds is 6. The highest BCUT2D eigenvalue weighted by molar-refractivity contribution is 5.04. The van der Waals surface area contributed by atoms with E-state index >= 15 is 0 Å². The summed E-state index contributed by atoms with van der Waals surface area (Å²) >= 11 is 0. The van der Waals surface area contributed by atoms with Crippen LogP contribution >= 0.6 is 0 Å². The molecule has 0 aliphatic carbocycles. The Morgan fingerprint density at radius 3 is 2.75 bits per heavy atom. The van der Waals surface area contributed by atoms with E-state index in [0.29, 0.717) is 0 Å². The normalized spacial score (nSPS) is 13.1. The lowest BCUT2D eigenvalue weighted by Crippen LogP contribution is -2.00. The first kappa shape index (κ1) is 11.2. The third kappa shape index (κ3) is 7.30. The minimum atomic E-state index is -0.429. The molecule has 0 aromatic rings. The average molecular weight is 167 g/mol. The first-order valence-electron chi connectivity index (χ1n) is 4.55. The van der Waals surface area contributed by atoms with E-state index in [-0.39, 0.29) is 0 Å². The molecule has 0 saturated heterocycles. The maximum absolute atomic E-state index is 9.24. The van der Waals surface area contributed by atoms with E-state index in [4.69, 9.17) is 5.26 Å². The van der Waals surface area contributed by atoms with E-state index in [1.54, 1.807) is 6.08 Å². The molecule has 0 saturated carbocycles. The predicted molar refractivity (Wildman–Crippen MR) is 49.5 cm³/mol. The molecular formula is C10H17NO. The number of nitrogens with zero attached hydrogens (tertiary/aromatic N) is 1. The lowest BCUT2D eigenvalue weighted by atomic mass is 10.1. The van der Waals surface area contributed by atoms with Gasteiger partial charge in [-0.3, -0.25) is 0 Å². The van der Waals surface area contributed by atoms with Crippen LogP contribution in [-0.4, -0.2) is 11.2 Å². The van der Waals surface area contributed by atoms with Crippen LogP contribution in [0.25, 0.3) is 0 Å². The zero-order chi connectivity index (χ0) is 9.23. The van der Waals surface area contributed by atoms with Gasteiger partial charge in [-0.1, -0.05) is 32.6 Å². The number of hydrogen-bond acceptors (Lipinski definition) is 2. The van der Waals surface area contributed by atoms with Crippen molar-refractivity contribution in [2.24, 2.45) is 0 Å². The molecule has 1 N–H and O–H groups in total. The van der Waals surface area contributed by atoms with Gasteiger partial charge in [0.05, 0.1) is 12.2 Å². The summed E-state index contributed by atoms with van der Waals surface area (Å²) < 4.78 is 0. The Labute approximate surface area is 74.5 Å². The molecular weight excluding hydrogens is 150 g/mol. The van der Waals surface area contributed by atoms with Crippen LogP contribution in [0, 0.1) is 11.3 Å². The van der Waals surface area contributed by atoms with Gasteiger partial charge in [-0.05, 0) is 12.5 Å². The molecule has 2 nitrogen and oxygen atoms in total. The zero-order valence-corrected chi connectivity index (χ0v) is 7.66. The second-order valence-electron chi connectivity index (χ2n) is 2.90. The minimum absolute atomic E-state index is 0.429. The number of hydrogen-bond donors (Lipinski definition) is 1. The minimum Gasteiger partial charge on any atom is -0.389 e. The van der Waals surface area contributed by atoms with Crippen molar-refractivity contribution in [3.63, 3.8) is 0 Å². The lowest BCUT2D eigenvalue weighted by molar-refractivity contribution is 0.208. The van der Waals surface area contributed by atoms with Gasteiger partial charge in [-0.25, -0.2) is 0 Å². The van der Waals surface area contributed by atoms with Crippen LogP contribution in [0.2, 0.25) is 0 Å². The Morgan fingerprint density at radius 1 is 1.42 bits per heavy atom. The number of aliphatic hydroxyl groups excluding tert-OH is 1. The van der Waals surface area contributed by atoms with Crippen LogP contribution in [-0.2, 0) is 0 Å². The molecule has 0 rings (SSSR count). The third-order valence-electron chi connectivity index (χ3n) is 1.75. The summed E-state index contributed by atoms with van der Waals surface area (Å²) in [6.45, 7) is 2.16. The van der Waals surface area contributed by atoms with Gasteiger partial charge in [-0.2, -0.15) is 5.26 Å². The summed E-state index contributed by atoms with van der Waals surface area (Å²) in [6.07, 6.45) is 7.90. The monoisotopic (exact) mass is 167 g/mol. The van der Waals surface area contributed by atoms with Gasteiger partial charge in [-0.15, -0.1) is 0 Å². The van der Waals surface area contributed by atoms with E-state index in [2.05, 4.69) is 6.92 Å². The maximum Gasteiger partial charge on any atom is 0.0909 e. The van der Waals surface area contributed by atoms with Crippen LogP contribution in [0.1, 0.15) is 39.0 Å². The molecule has 0 aromatic heterocycles. The first-order valence-corrected chi connectivity index (χ1v) is 4.55. The second-order valence-corrected chi connectivity index (χ2v) is 2.90. The van der Waals surface area contributed by atoms with Crippen molar-refractivity contribution in [2.45, 2.75) is 45.1 Å². The Kier molecular flexibility index (Phi) is 7.73. The van der Waals surface area contributed by atoms with Crippen molar-refractivity contribution in [2.75, 3.05) is 0 Å². The molecule has 68 valence electrons. The molecule has 1 unspecified atom stereocenters. The molecule has 0 fully saturated rings. The zero-order valence-electron chi connectivity index (χ0n) is 7.66. The Bertz CT molecular complexity index is 158. The van der Waals surface area contributed by atoms with Crippen LogP contribution < -0.4 is 0 Å². The molecule has 0 aliphatic heterocycles. The third-order valence-corrected chi connectivity index (χ3v) is 1.75. The Balaban J connectivity index is 3.26. The van der Waals surface area contributed by atoms with E-state index in [9.17, 15) is 5.11 Å². The highest BCUT2D eigenvalue weighted by Crippen LogP contribution is 2.05. The fraction of sp³-hybridized carbons (Fsp3) is 0.700. The molecule has 12 heavy (non-hydrogen) atoms. The van der Waals surface area contributed by atoms with Crippen LogP contribution in [0.5, 0.6) is 0 Å². The summed E-state index contributed by atoms with van der Waals surface area (Å²) in [4.78, 5) is 0. The van der Waals surface area contributed by atoms with Crippen molar-refractivity contribution in [3.05, 3.63) is 12.2 Å². The van der Waals surface area contributed by atoms with Gasteiger partial charge in [0.15, 0.2) is 0 Å². The lowest BCUT2D eigenvalue weighted by Gasteiger charge is -2.03. The van der Waals surface area contributed by atoms with E-state index < -0.39 is 6.10 Å². The summed E-state index contributed by atoms with van der Waals surface area (Å²) in [5.41, 5.74) is 0.